The van der Waals surface area contributed by atoms with Crippen molar-refractivity contribution in [2.75, 3.05) is 19.7 Å². The number of alkyl carbamates (subject to hydrolysis) is 1. The summed E-state index contributed by atoms with van der Waals surface area (Å²) in [6.07, 6.45) is -0.303. The number of carboxylic acids is 1. The van der Waals surface area contributed by atoms with Gasteiger partial charge in [0, 0.05) is 14.5 Å². The summed E-state index contributed by atoms with van der Waals surface area (Å²) in [6, 6.07) is 7.78. The smallest absolute Gasteiger partial charge is 0.407 e. The fourth-order valence-electron chi connectivity index (χ4n) is 3.22. The summed E-state index contributed by atoms with van der Waals surface area (Å²) in [5.74, 6) is -3.01. The fourth-order valence-corrected chi connectivity index (χ4v) is 3.93. The standard InChI is InChI=1S/C25H40N4O7Si/c1-17(2)13-19(23(33)26-16-22(31)32)29-24(34)20(14-18-9-7-6-8-10-18)28-21(30)15-27-25(35)36-11-12-37(3,4)5/h6-10,17,19-20H,11-16H2,1-5H3,(H,26,33)(H,27,35)(H,28,30)(H,29,34)(H,31,32)/t19-,20-/m0/s1. The van der Waals surface area contributed by atoms with Crippen molar-refractivity contribution in [1.82, 2.24) is 21.3 Å². The van der Waals surface area contributed by atoms with Crippen LogP contribution in [0.15, 0.2) is 30.3 Å². The van der Waals surface area contributed by atoms with Gasteiger partial charge in [0.25, 0.3) is 0 Å². The largest absolute Gasteiger partial charge is 0.480 e. The van der Waals surface area contributed by atoms with E-state index < -0.39 is 63.0 Å². The van der Waals surface area contributed by atoms with E-state index in [-0.39, 0.29) is 25.4 Å². The van der Waals surface area contributed by atoms with Gasteiger partial charge in [0.2, 0.25) is 17.7 Å². The molecular weight excluding hydrogens is 496 g/mol. The first kappa shape index (κ1) is 31.6. The molecule has 11 nitrogen and oxygen atoms in total. The Morgan fingerprint density at radius 3 is 2.11 bits per heavy atom. The number of carbonyl (C=O) groups excluding carboxylic acids is 4. The average Bonchev–Trinajstić information content (AvgIpc) is 2.79. The molecule has 0 spiro atoms. The van der Waals surface area contributed by atoms with Crippen LogP contribution in [-0.4, -0.2) is 74.7 Å². The van der Waals surface area contributed by atoms with Crippen LogP contribution in [-0.2, 0) is 30.3 Å². The molecule has 5 N–H and O–H groups in total. The van der Waals surface area contributed by atoms with Gasteiger partial charge in [-0.1, -0.05) is 63.8 Å². The minimum absolute atomic E-state index is 0.0270. The summed E-state index contributed by atoms with van der Waals surface area (Å²) >= 11 is 0. The molecular formula is C25H40N4O7Si. The number of amides is 4. The van der Waals surface area contributed by atoms with E-state index in [1.165, 1.54) is 0 Å². The second-order valence-corrected chi connectivity index (χ2v) is 16.0. The molecule has 0 heterocycles. The van der Waals surface area contributed by atoms with E-state index in [1.807, 2.05) is 19.9 Å². The van der Waals surface area contributed by atoms with E-state index >= 15 is 0 Å². The third kappa shape index (κ3) is 14.7. The zero-order valence-electron chi connectivity index (χ0n) is 22.3. The van der Waals surface area contributed by atoms with Crippen LogP contribution in [0.2, 0.25) is 25.7 Å². The van der Waals surface area contributed by atoms with Crippen molar-refractivity contribution in [3.05, 3.63) is 35.9 Å². The van der Waals surface area contributed by atoms with Crippen molar-refractivity contribution < 1.29 is 33.8 Å². The first-order valence-corrected chi connectivity index (χ1v) is 16.0. The van der Waals surface area contributed by atoms with Gasteiger partial charge in [-0.05, 0) is 23.9 Å². The highest BCUT2D eigenvalue weighted by Gasteiger charge is 2.28. The van der Waals surface area contributed by atoms with Crippen LogP contribution in [0.25, 0.3) is 0 Å². The lowest BCUT2D eigenvalue weighted by molar-refractivity contribution is -0.138. The Labute approximate surface area is 219 Å². The molecule has 206 valence electrons. The van der Waals surface area contributed by atoms with Gasteiger partial charge in [0.1, 0.15) is 25.2 Å². The lowest BCUT2D eigenvalue weighted by atomic mass is 10.0. The highest BCUT2D eigenvalue weighted by atomic mass is 28.3. The van der Waals surface area contributed by atoms with E-state index in [9.17, 15) is 24.0 Å². The quantitative estimate of drug-likeness (QED) is 0.212. The Morgan fingerprint density at radius 2 is 1.54 bits per heavy atom. The Bertz CT molecular complexity index is 919. The summed E-state index contributed by atoms with van der Waals surface area (Å²) in [7, 11) is -1.37. The van der Waals surface area contributed by atoms with E-state index in [2.05, 4.69) is 40.9 Å². The van der Waals surface area contributed by atoms with Crippen LogP contribution >= 0.6 is 0 Å². The van der Waals surface area contributed by atoms with Crippen molar-refractivity contribution in [3.8, 4) is 0 Å². The van der Waals surface area contributed by atoms with E-state index in [1.54, 1.807) is 24.3 Å². The summed E-state index contributed by atoms with van der Waals surface area (Å²) in [5.41, 5.74) is 0.775. The van der Waals surface area contributed by atoms with Crippen molar-refractivity contribution in [1.29, 1.82) is 0 Å². The molecule has 2 atom stereocenters. The van der Waals surface area contributed by atoms with Gasteiger partial charge >= 0.3 is 12.1 Å². The maximum atomic E-state index is 13.2. The predicted octanol–water partition coefficient (Wildman–Crippen LogP) is 1.51. The highest BCUT2D eigenvalue weighted by Crippen LogP contribution is 2.09. The molecule has 0 saturated heterocycles. The number of carboxylic acid groups (broad SMARTS) is 1. The molecule has 0 saturated carbocycles. The Morgan fingerprint density at radius 1 is 0.892 bits per heavy atom. The van der Waals surface area contributed by atoms with E-state index in [4.69, 9.17) is 9.84 Å². The molecule has 0 bridgehead atoms. The molecule has 12 heteroatoms. The normalized spacial score (nSPS) is 12.7. The topological polar surface area (TPSA) is 163 Å². The molecule has 4 amide bonds. The molecule has 0 aromatic heterocycles. The van der Waals surface area contributed by atoms with Gasteiger partial charge in [-0.15, -0.1) is 0 Å². The zero-order chi connectivity index (χ0) is 28.0. The Hall–Kier alpha value is -3.41. The highest BCUT2D eigenvalue weighted by molar-refractivity contribution is 6.76. The number of carbonyl (C=O) groups is 5. The van der Waals surface area contributed by atoms with Gasteiger partial charge in [0.05, 0.1) is 6.61 Å². The second-order valence-electron chi connectivity index (χ2n) is 10.4. The third-order valence-corrected chi connectivity index (χ3v) is 6.87. The molecule has 0 aliphatic carbocycles. The monoisotopic (exact) mass is 536 g/mol. The van der Waals surface area contributed by atoms with Crippen molar-refractivity contribution in [2.24, 2.45) is 5.92 Å². The van der Waals surface area contributed by atoms with E-state index in [0.29, 0.717) is 0 Å². The fraction of sp³-hybridized carbons (Fsp3) is 0.560. The van der Waals surface area contributed by atoms with Crippen molar-refractivity contribution in [3.63, 3.8) is 0 Å². The molecule has 1 aromatic rings. The van der Waals surface area contributed by atoms with Crippen LogP contribution in [0.1, 0.15) is 25.8 Å². The molecule has 0 aliphatic rings. The minimum atomic E-state index is -1.37. The second kappa shape index (κ2) is 15.6. The Kier molecular flexibility index (Phi) is 13.4. The molecule has 1 aromatic carbocycles. The maximum Gasteiger partial charge on any atom is 0.407 e. The van der Waals surface area contributed by atoms with Gasteiger partial charge in [-0.3, -0.25) is 19.2 Å². The van der Waals surface area contributed by atoms with Crippen molar-refractivity contribution in [2.45, 2.75) is 64.5 Å². The number of rotatable bonds is 15. The maximum absolute atomic E-state index is 13.2. The number of ether oxygens (including phenoxy) is 1. The van der Waals surface area contributed by atoms with Gasteiger partial charge in [0.15, 0.2) is 0 Å². The summed E-state index contributed by atoms with van der Waals surface area (Å²) in [5, 5.41) is 18.8. The molecule has 0 fully saturated rings. The molecule has 0 unspecified atom stereocenters. The Balaban J connectivity index is 2.84. The SMILES string of the molecule is CC(C)C[C@H](NC(=O)[C@H](Cc1ccccc1)NC(=O)CNC(=O)OCC[Si](C)(C)C)C(=O)NCC(=O)O. The molecule has 0 radical (unpaired) electrons. The summed E-state index contributed by atoms with van der Waals surface area (Å²) in [6.45, 7) is 9.49. The summed E-state index contributed by atoms with van der Waals surface area (Å²) < 4.78 is 5.11. The molecule has 37 heavy (non-hydrogen) atoms. The lowest BCUT2D eigenvalue weighted by Crippen LogP contribution is -2.56. The van der Waals surface area contributed by atoms with Crippen LogP contribution < -0.4 is 21.3 Å². The first-order valence-electron chi connectivity index (χ1n) is 12.3. The third-order valence-electron chi connectivity index (χ3n) is 5.17. The van der Waals surface area contributed by atoms with Gasteiger partial charge in [-0.25, -0.2) is 4.79 Å². The number of hydrogen-bond donors (Lipinski definition) is 5. The molecule has 1 rings (SSSR count). The average molecular weight is 537 g/mol. The lowest BCUT2D eigenvalue weighted by Gasteiger charge is -2.24. The van der Waals surface area contributed by atoms with Crippen LogP contribution in [0.4, 0.5) is 4.79 Å². The first-order chi connectivity index (χ1) is 17.3. The predicted molar refractivity (Wildman–Crippen MR) is 142 cm³/mol. The number of nitrogens with one attached hydrogen (secondary N) is 4. The minimum Gasteiger partial charge on any atom is -0.480 e. The van der Waals surface area contributed by atoms with E-state index in [0.717, 1.165) is 11.6 Å². The number of benzene rings is 1. The number of hydrogen-bond acceptors (Lipinski definition) is 6. The zero-order valence-corrected chi connectivity index (χ0v) is 23.3. The van der Waals surface area contributed by atoms with Crippen LogP contribution in [0.5, 0.6) is 0 Å². The van der Waals surface area contributed by atoms with Crippen molar-refractivity contribution >= 4 is 37.9 Å². The van der Waals surface area contributed by atoms with Gasteiger partial charge < -0.3 is 31.1 Å². The number of aliphatic carboxylic acids is 1. The molecule has 0 aliphatic heterocycles. The van der Waals surface area contributed by atoms with Gasteiger partial charge in [-0.2, -0.15) is 0 Å². The summed E-state index contributed by atoms with van der Waals surface area (Å²) in [4.78, 5) is 61.0. The van der Waals surface area contributed by atoms with Crippen LogP contribution in [0, 0.1) is 5.92 Å². The van der Waals surface area contributed by atoms with Crippen LogP contribution in [0.3, 0.4) is 0 Å².